The van der Waals surface area contributed by atoms with Crippen LogP contribution in [0.1, 0.15) is 18.9 Å². The normalized spacial score (nSPS) is 15.3. The highest BCUT2D eigenvalue weighted by atomic mass is 32.2. The number of nitrogens with zero attached hydrogens (tertiary/aromatic N) is 3. The fraction of sp³-hybridized carbons (Fsp3) is 0.375. The summed E-state index contributed by atoms with van der Waals surface area (Å²) < 4.78 is 56.2. The van der Waals surface area contributed by atoms with Crippen LogP contribution < -0.4 is 14.4 Å². The number of carbonyl (C=O) groups excluding carboxylic acids is 2. The van der Waals surface area contributed by atoms with Crippen molar-refractivity contribution < 1.29 is 37.0 Å². The molecule has 0 spiro atoms. The van der Waals surface area contributed by atoms with E-state index in [1.807, 2.05) is 29.2 Å². The quantitative estimate of drug-likeness (QED) is 0.192. The number of hydrogen-bond donors (Lipinski definition) is 0. The molecule has 0 aromatic heterocycles. The van der Waals surface area contributed by atoms with Gasteiger partial charge in [-0.25, -0.2) is 4.79 Å². The van der Waals surface area contributed by atoms with Crippen LogP contribution in [0.3, 0.4) is 0 Å². The predicted molar refractivity (Wildman–Crippen MR) is 161 cm³/mol. The first-order valence-electron chi connectivity index (χ1n) is 14.4. The third-order valence-corrected chi connectivity index (χ3v) is 8.52. The van der Waals surface area contributed by atoms with Crippen LogP contribution in [0.5, 0.6) is 11.5 Å². The van der Waals surface area contributed by atoms with Gasteiger partial charge in [0.15, 0.2) is 6.61 Å². The van der Waals surface area contributed by atoms with E-state index in [-0.39, 0.29) is 13.2 Å². The number of para-hydroxylation sites is 1. The number of halogens is 3. The van der Waals surface area contributed by atoms with E-state index in [9.17, 15) is 22.8 Å². The minimum atomic E-state index is -4.39. The molecule has 1 saturated heterocycles. The second kappa shape index (κ2) is 14.4. The van der Waals surface area contributed by atoms with Crippen molar-refractivity contribution in [2.24, 2.45) is 0 Å². The lowest BCUT2D eigenvalue weighted by molar-refractivity contribution is -0.146. The van der Waals surface area contributed by atoms with E-state index in [2.05, 4.69) is 9.80 Å². The van der Waals surface area contributed by atoms with Gasteiger partial charge in [-0.15, -0.1) is 0 Å². The van der Waals surface area contributed by atoms with E-state index in [1.165, 1.54) is 24.8 Å². The number of carbonyl (C=O) groups is 2. The van der Waals surface area contributed by atoms with Crippen molar-refractivity contribution in [1.29, 1.82) is 0 Å². The van der Waals surface area contributed by atoms with Crippen molar-refractivity contribution >= 4 is 35.1 Å². The summed E-state index contributed by atoms with van der Waals surface area (Å²) >= 11 is 1.50. The van der Waals surface area contributed by atoms with Crippen molar-refractivity contribution in [3.05, 3.63) is 72.3 Å². The maximum Gasteiger partial charge on any atom is 0.416 e. The van der Waals surface area contributed by atoms with E-state index >= 15 is 0 Å². The smallest absolute Gasteiger partial charge is 0.416 e. The van der Waals surface area contributed by atoms with Gasteiger partial charge in [0.05, 0.1) is 16.9 Å². The zero-order valence-corrected chi connectivity index (χ0v) is 25.2. The number of alkyl halides is 3. The van der Waals surface area contributed by atoms with Crippen molar-refractivity contribution in [1.82, 2.24) is 9.80 Å². The Morgan fingerprint density at radius 3 is 2.18 bits per heavy atom. The van der Waals surface area contributed by atoms with Crippen LogP contribution in [0.15, 0.2) is 76.5 Å². The molecule has 2 aliphatic heterocycles. The number of rotatable bonds is 11. The second-order valence-corrected chi connectivity index (χ2v) is 11.6. The van der Waals surface area contributed by atoms with Gasteiger partial charge in [0, 0.05) is 56.0 Å². The molecular weight excluding hydrogens is 595 g/mol. The van der Waals surface area contributed by atoms with E-state index in [0.29, 0.717) is 30.3 Å². The molecule has 0 aliphatic carbocycles. The molecule has 3 aromatic carbocycles. The van der Waals surface area contributed by atoms with E-state index in [4.69, 9.17) is 14.2 Å². The number of benzene rings is 3. The van der Waals surface area contributed by atoms with Gasteiger partial charge in [-0.2, -0.15) is 13.2 Å². The first-order chi connectivity index (χ1) is 21.2. The summed E-state index contributed by atoms with van der Waals surface area (Å²) in [6.45, 7) is 6.83. The Morgan fingerprint density at radius 1 is 0.818 bits per heavy atom. The summed E-state index contributed by atoms with van der Waals surface area (Å²) in [6, 6.07) is 18.2. The Labute approximate surface area is 258 Å². The highest BCUT2D eigenvalue weighted by Crippen LogP contribution is 2.49. The predicted octanol–water partition coefficient (Wildman–Crippen LogP) is 5.86. The van der Waals surface area contributed by atoms with Gasteiger partial charge in [0.25, 0.3) is 0 Å². The lowest BCUT2D eigenvalue weighted by Crippen LogP contribution is -2.47. The number of fused-ring (bicyclic) bond motifs is 2. The highest BCUT2D eigenvalue weighted by molar-refractivity contribution is 7.99. The summed E-state index contributed by atoms with van der Waals surface area (Å²) in [7, 11) is 0. The molecule has 44 heavy (non-hydrogen) atoms. The first-order valence-corrected chi connectivity index (χ1v) is 15.2. The molecule has 3 aromatic rings. The van der Waals surface area contributed by atoms with E-state index in [1.54, 1.807) is 30.3 Å². The largest absolute Gasteiger partial charge is 0.482 e. The zero-order valence-electron chi connectivity index (χ0n) is 24.3. The minimum absolute atomic E-state index is 0.219. The Balaban J connectivity index is 1.02. The number of piperazine rings is 1. The summed E-state index contributed by atoms with van der Waals surface area (Å²) in [4.78, 5) is 31.6. The standard InChI is InChI=1S/C32H34F3N3O5S/c1-23(39)43-26-10-8-25(9-11-26)42-22-31(40)41-20-19-37-17-15-36(16-18-37)13-4-14-38-27-5-2-3-6-29(27)44-30-12-7-24(21-28(30)38)32(33,34)35/h2-3,5-12,21H,4,13-20,22H2,1H3. The summed E-state index contributed by atoms with van der Waals surface area (Å²) in [5.41, 5.74) is 0.902. The molecular formula is C32H34F3N3O5S. The fourth-order valence-electron chi connectivity index (χ4n) is 5.18. The molecule has 0 atom stereocenters. The van der Waals surface area contributed by atoms with Crippen LogP contribution in [0.4, 0.5) is 24.5 Å². The number of hydrogen-bond acceptors (Lipinski definition) is 9. The molecule has 8 nitrogen and oxygen atoms in total. The van der Waals surface area contributed by atoms with Gasteiger partial charge in [0.2, 0.25) is 0 Å². The van der Waals surface area contributed by atoms with Gasteiger partial charge < -0.3 is 24.0 Å². The molecule has 0 N–H and O–H groups in total. The molecule has 0 amide bonds. The lowest BCUT2D eigenvalue weighted by Gasteiger charge is -2.36. The average molecular weight is 630 g/mol. The molecule has 0 radical (unpaired) electrons. The molecule has 5 rings (SSSR count). The number of esters is 2. The number of ether oxygens (including phenoxy) is 3. The molecule has 0 saturated carbocycles. The van der Waals surface area contributed by atoms with Crippen LogP contribution in [0, 0.1) is 0 Å². The minimum Gasteiger partial charge on any atom is -0.482 e. The third-order valence-electron chi connectivity index (χ3n) is 7.39. The van der Waals surface area contributed by atoms with Gasteiger partial charge in [0.1, 0.15) is 18.1 Å². The molecule has 2 heterocycles. The molecule has 2 aliphatic rings. The van der Waals surface area contributed by atoms with Gasteiger partial charge in [-0.3, -0.25) is 9.69 Å². The summed E-state index contributed by atoms with van der Waals surface area (Å²) in [6.07, 6.45) is -3.59. The maximum absolute atomic E-state index is 13.5. The van der Waals surface area contributed by atoms with Crippen LogP contribution in [-0.4, -0.2) is 80.8 Å². The Kier molecular flexibility index (Phi) is 10.3. The maximum atomic E-state index is 13.5. The van der Waals surface area contributed by atoms with Crippen LogP contribution >= 0.6 is 11.8 Å². The van der Waals surface area contributed by atoms with Crippen molar-refractivity contribution in [2.45, 2.75) is 29.3 Å². The molecule has 1 fully saturated rings. The fourth-order valence-corrected chi connectivity index (χ4v) is 6.25. The monoisotopic (exact) mass is 629 g/mol. The van der Waals surface area contributed by atoms with Crippen LogP contribution in [0.2, 0.25) is 0 Å². The molecule has 0 bridgehead atoms. The Hall–Kier alpha value is -3.74. The molecule has 12 heteroatoms. The summed E-state index contributed by atoms with van der Waals surface area (Å²) in [5, 5.41) is 0. The lowest BCUT2D eigenvalue weighted by atomic mass is 10.1. The van der Waals surface area contributed by atoms with Gasteiger partial charge in [-0.1, -0.05) is 23.9 Å². The topological polar surface area (TPSA) is 71.5 Å². The van der Waals surface area contributed by atoms with Crippen molar-refractivity contribution in [2.75, 3.05) is 63.9 Å². The SMILES string of the molecule is CC(=O)Oc1ccc(OCC(=O)OCCN2CCN(CCCN3c4ccccc4Sc4ccc(C(F)(F)F)cc43)CC2)cc1. The van der Waals surface area contributed by atoms with E-state index < -0.39 is 23.7 Å². The second-order valence-electron chi connectivity index (χ2n) is 10.5. The highest BCUT2D eigenvalue weighted by Gasteiger charge is 2.33. The van der Waals surface area contributed by atoms with Crippen molar-refractivity contribution in [3.63, 3.8) is 0 Å². The zero-order chi connectivity index (χ0) is 31.1. The van der Waals surface area contributed by atoms with Crippen molar-refractivity contribution in [3.8, 4) is 11.5 Å². The van der Waals surface area contributed by atoms with Gasteiger partial charge >= 0.3 is 18.1 Å². The Bertz CT molecular complexity index is 1450. The summed E-state index contributed by atoms with van der Waals surface area (Å²) in [5.74, 6) is -0.0161. The molecule has 234 valence electrons. The molecule has 0 unspecified atom stereocenters. The van der Waals surface area contributed by atoms with E-state index in [0.717, 1.165) is 60.7 Å². The first kappa shape index (κ1) is 31.7. The Morgan fingerprint density at radius 2 is 1.48 bits per heavy atom. The third kappa shape index (κ3) is 8.46. The average Bonchev–Trinajstić information content (AvgIpc) is 3.00. The van der Waals surface area contributed by atoms with Crippen LogP contribution in [-0.2, 0) is 20.5 Å². The number of anilines is 2. The van der Waals surface area contributed by atoms with Crippen LogP contribution in [0.25, 0.3) is 0 Å². The van der Waals surface area contributed by atoms with Gasteiger partial charge in [-0.05, 0) is 67.6 Å².